The second-order valence-corrected chi connectivity index (χ2v) is 7.99. The molecule has 0 radical (unpaired) electrons. The van der Waals surface area contributed by atoms with E-state index >= 15 is 0 Å². The molecule has 0 fully saturated rings. The molecule has 0 unspecified atom stereocenters. The van der Waals surface area contributed by atoms with Gasteiger partial charge in [0, 0.05) is 29.5 Å². The maximum absolute atomic E-state index is 13.5. The fraction of sp³-hybridized carbons (Fsp3) is 0.0385. The smallest absolute Gasteiger partial charge is 0.264 e. The summed E-state index contributed by atoms with van der Waals surface area (Å²) in [7, 11) is 0. The molecule has 0 aliphatic carbocycles. The maximum Gasteiger partial charge on any atom is 0.264 e. The molecule has 0 spiro atoms. The van der Waals surface area contributed by atoms with Gasteiger partial charge in [-0.2, -0.15) is 0 Å². The number of hydrogen-bond donors (Lipinski definition) is 0. The summed E-state index contributed by atoms with van der Waals surface area (Å²) < 4.78 is 3.17. The first-order valence-corrected chi connectivity index (χ1v) is 10.5. The van der Waals surface area contributed by atoms with Gasteiger partial charge in [-0.05, 0) is 60.3 Å². The second kappa shape index (κ2) is 7.94. The van der Waals surface area contributed by atoms with Crippen molar-refractivity contribution in [3.63, 3.8) is 0 Å². The Bertz CT molecular complexity index is 1570. The van der Waals surface area contributed by atoms with Gasteiger partial charge in [0.05, 0.1) is 10.7 Å². The summed E-state index contributed by atoms with van der Waals surface area (Å²) in [6.45, 7) is 1.96. The molecule has 0 saturated heterocycles. The third-order valence-electron chi connectivity index (χ3n) is 5.38. The van der Waals surface area contributed by atoms with Crippen LogP contribution in [0.2, 0.25) is 5.02 Å². The quantitative estimate of drug-likeness (QED) is 0.390. The number of aromatic nitrogens is 3. The zero-order valence-electron chi connectivity index (χ0n) is 17.2. The molecule has 5 nitrogen and oxygen atoms in total. The van der Waals surface area contributed by atoms with E-state index in [0.717, 1.165) is 22.2 Å². The van der Waals surface area contributed by atoms with Crippen LogP contribution in [0.1, 0.15) is 5.56 Å². The summed E-state index contributed by atoms with van der Waals surface area (Å²) in [5, 5.41) is 1.97. The van der Waals surface area contributed by atoms with Crippen LogP contribution >= 0.6 is 11.6 Å². The molecule has 3 aromatic heterocycles. The Balaban J connectivity index is 1.74. The van der Waals surface area contributed by atoms with E-state index in [-0.39, 0.29) is 11.1 Å². The molecule has 2 aromatic carbocycles. The molecule has 3 heterocycles. The normalized spacial score (nSPS) is 11.1. The van der Waals surface area contributed by atoms with Gasteiger partial charge >= 0.3 is 0 Å². The van der Waals surface area contributed by atoms with Gasteiger partial charge in [0.25, 0.3) is 11.1 Å². The SMILES string of the molecule is Cc1ccc2cc(-c3ccc(-n4ccccc4=O)cc3)n(-c3ccc(Cl)cn3)c(=O)c2c1. The Hall–Kier alpha value is -3.96. The van der Waals surface area contributed by atoms with E-state index in [1.807, 2.05) is 61.5 Å². The Morgan fingerprint density at radius 3 is 2.41 bits per heavy atom. The minimum Gasteiger partial charge on any atom is -0.284 e. The first-order valence-electron chi connectivity index (χ1n) is 10.1. The first kappa shape index (κ1) is 20.0. The molecule has 0 bridgehead atoms. The molecule has 0 N–H and O–H groups in total. The van der Waals surface area contributed by atoms with Crippen LogP contribution in [0.25, 0.3) is 33.5 Å². The van der Waals surface area contributed by atoms with Crippen molar-refractivity contribution in [1.29, 1.82) is 0 Å². The monoisotopic (exact) mass is 439 g/mol. The minimum atomic E-state index is -0.153. The van der Waals surface area contributed by atoms with Gasteiger partial charge in [0.1, 0.15) is 5.82 Å². The van der Waals surface area contributed by atoms with E-state index in [1.165, 1.54) is 12.3 Å². The van der Waals surface area contributed by atoms with Gasteiger partial charge in [-0.25, -0.2) is 4.98 Å². The highest BCUT2D eigenvalue weighted by molar-refractivity contribution is 6.30. The van der Waals surface area contributed by atoms with Crippen LogP contribution in [0.4, 0.5) is 0 Å². The highest BCUT2D eigenvalue weighted by atomic mass is 35.5. The molecule has 32 heavy (non-hydrogen) atoms. The lowest BCUT2D eigenvalue weighted by Gasteiger charge is -2.15. The first-order chi connectivity index (χ1) is 15.5. The van der Waals surface area contributed by atoms with Crippen molar-refractivity contribution < 1.29 is 0 Å². The third-order valence-corrected chi connectivity index (χ3v) is 5.60. The molecular formula is C26H18ClN3O2. The molecule has 5 rings (SSSR count). The average Bonchev–Trinajstić information content (AvgIpc) is 2.81. The van der Waals surface area contributed by atoms with Crippen molar-refractivity contribution in [2.45, 2.75) is 6.92 Å². The van der Waals surface area contributed by atoms with E-state index in [1.54, 1.807) is 33.5 Å². The average molecular weight is 440 g/mol. The van der Waals surface area contributed by atoms with Crippen molar-refractivity contribution in [2.75, 3.05) is 0 Å². The Morgan fingerprint density at radius 2 is 1.69 bits per heavy atom. The summed E-state index contributed by atoms with van der Waals surface area (Å²) >= 11 is 6.02. The van der Waals surface area contributed by atoms with Gasteiger partial charge < -0.3 is 0 Å². The molecule has 0 saturated carbocycles. The Morgan fingerprint density at radius 1 is 0.875 bits per heavy atom. The molecule has 0 aliphatic heterocycles. The summed E-state index contributed by atoms with van der Waals surface area (Å²) in [6.07, 6.45) is 3.25. The van der Waals surface area contributed by atoms with Crippen LogP contribution in [-0.2, 0) is 0 Å². The van der Waals surface area contributed by atoms with E-state index in [0.29, 0.717) is 21.9 Å². The molecule has 156 valence electrons. The van der Waals surface area contributed by atoms with Crippen LogP contribution in [-0.4, -0.2) is 14.1 Å². The number of benzene rings is 2. The van der Waals surface area contributed by atoms with Crippen molar-refractivity contribution in [1.82, 2.24) is 14.1 Å². The number of halogens is 1. The van der Waals surface area contributed by atoms with Crippen molar-refractivity contribution in [3.8, 4) is 22.8 Å². The molecule has 0 amide bonds. The van der Waals surface area contributed by atoms with Crippen molar-refractivity contribution in [3.05, 3.63) is 123 Å². The molecule has 5 aromatic rings. The summed E-state index contributed by atoms with van der Waals surface area (Å²) in [5.41, 5.74) is 3.02. The zero-order chi connectivity index (χ0) is 22.2. The number of hydrogen-bond acceptors (Lipinski definition) is 3. The highest BCUT2D eigenvalue weighted by Gasteiger charge is 2.14. The van der Waals surface area contributed by atoms with E-state index in [2.05, 4.69) is 4.98 Å². The predicted octanol–water partition coefficient (Wildman–Crippen LogP) is 5.17. The number of nitrogens with zero attached hydrogens (tertiary/aromatic N) is 3. The summed E-state index contributed by atoms with van der Waals surface area (Å²) in [4.78, 5) is 30.1. The van der Waals surface area contributed by atoms with E-state index < -0.39 is 0 Å². The van der Waals surface area contributed by atoms with Gasteiger partial charge in [-0.15, -0.1) is 0 Å². The van der Waals surface area contributed by atoms with Crippen LogP contribution in [0.3, 0.4) is 0 Å². The van der Waals surface area contributed by atoms with Crippen molar-refractivity contribution in [2.24, 2.45) is 0 Å². The minimum absolute atomic E-state index is 0.108. The number of aryl methyl sites for hydroxylation is 1. The topological polar surface area (TPSA) is 56.9 Å². The van der Waals surface area contributed by atoms with Crippen LogP contribution in [0.15, 0.2) is 101 Å². The fourth-order valence-electron chi connectivity index (χ4n) is 3.80. The molecule has 0 aliphatic rings. The lowest BCUT2D eigenvalue weighted by molar-refractivity contribution is 0.961. The zero-order valence-corrected chi connectivity index (χ0v) is 18.0. The Kier molecular flexibility index (Phi) is 4.96. The van der Waals surface area contributed by atoms with Crippen LogP contribution < -0.4 is 11.1 Å². The van der Waals surface area contributed by atoms with Gasteiger partial charge in [0.2, 0.25) is 0 Å². The molecular weight excluding hydrogens is 422 g/mol. The van der Waals surface area contributed by atoms with Crippen molar-refractivity contribution >= 4 is 22.4 Å². The van der Waals surface area contributed by atoms with E-state index in [9.17, 15) is 9.59 Å². The number of fused-ring (bicyclic) bond motifs is 1. The van der Waals surface area contributed by atoms with E-state index in [4.69, 9.17) is 11.6 Å². The predicted molar refractivity (Wildman–Crippen MR) is 128 cm³/mol. The number of pyridine rings is 3. The molecule has 6 heteroatoms. The standard InChI is InChI=1S/C26H18ClN3O2/c1-17-5-6-19-15-23(18-7-10-21(11-8-18)29-13-3-2-4-25(29)31)30(26(32)22(19)14-17)24-12-9-20(27)16-28-24/h2-16H,1H3. The lowest BCUT2D eigenvalue weighted by Crippen LogP contribution is -2.21. The lowest BCUT2D eigenvalue weighted by atomic mass is 10.0. The third kappa shape index (κ3) is 3.53. The van der Waals surface area contributed by atoms with Gasteiger partial charge in [-0.1, -0.05) is 47.5 Å². The summed E-state index contributed by atoms with van der Waals surface area (Å²) in [6, 6.07) is 23.8. The summed E-state index contributed by atoms with van der Waals surface area (Å²) in [5.74, 6) is 0.487. The largest absolute Gasteiger partial charge is 0.284 e. The number of rotatable bonds is 3. The molecule has 0 atom stereocenters. The highest BCUT2D eigenvalue weighted by Crippen LogP contribution is 2.26. The van der Waals surface area contributed by atoms with Crippen LogP contribution in [0, 0.1) is 6.92 Å². The maximum atomic E-state index is 13.5. The van der Waals surface area contributed by atoms with Gasteiger partial charge in [-0.3, -0.25) is 18.7 Å². The second-order valence-electron chi connectivity index (χ2n) is 7.55. The fourth-order valence-corrected chi connectivity index (χ4v) is 3.91. The van der Waals surface area contributed by atoms with Gasteiger partial charge in [0.15, 0.2) is 0 Å². The Labute approximate surface area is 188 Å². The van der Waals surface area contributed by atoms with Crippen LogP contribution in [0.5, 0.6) is 0 Å².